The van der Waals surface area contributed by atoms with Crippen LogP contribution in [0.1, 0.15) is 30.1 Å². The van der Waals surface area contributed by atoms with E-state index in [2.05, 4.69) is 79.3 Å². The van der Waals surface area contributed by atoms with Gasteiger partial charge in [0.1, 0.15) is 5.69 Å². The number of rotatable bonds is 6. The summed E-state index contributed by atoms with van der Waals surface area (Å²) in [5.74, 6) is 1.16. The van der Waals surface area contributed by atoms with Crippen molar-refractivity contribution >= 4 is 23.5 Å². The van der Waals surface area contributed by atoms with E-state index < -0.39 is 0 Å². The highest BCUT2D eigenvalue weighted by molar-refractivity contribution is 8.03. The molecule has 5 heteroatoms. The van der Waals surface area contributed by atoms with Crippen LogP contribution in [-0.4, -0.2) is 30.5 Å². The summed E-state index contributed by atoms with van der Waals surface area (Å²) in [5, 5.41) is 4.61. The van der Waals surface area contributed by atoms with Gasteiger partial charge in [0.05, 0.1) is 24.2 Å². The number of anilines is 1. The van der Waals surface area contributed by atoms with Crippen molar-refractivity contribution in [2.24, 2.45) is 7.05 Å². The molecule has 1 aromatic heterocycles. The lowest BCUT2D eigenvalue weighted by Gasteiger charge is -2.08. The fourth-order valence-electron chi connectivity index (χ4n) is 2.91. The van der Waals surface area contributed by atoms with Gasteiger partial charge in [-0.1, -0.05) is 23.9 Å². The zero-order valence-electron chi connectivity index (χ0n) is 15.5. The highest BCUT2D eigenvalue weighted by Crippen LogP contribution is 2.41. The number of hydrogen-bond acceptors (Lipinski definition) is 4. The largest absolute Gasteiger partial charge is 0.349 e. The molecule has 0 fully saturated rings. The van der Waals surface area contributed by atoms with Crippen molar-refractivity contribution < 1.29 is 4.57 Å². The summed E-state index contributed by atoms with van der Waals surface area (Å²) in [6.45, 7) is 3.28. The van der Waals surface area contributed by atoms with Crippen LogP contribution in [0.2, 0.25) is 0 Å². The molecule has 0 amide bonds. The highest BCUT2D eigenvalue weighted by atomic mass is 32.2. The lowest BCUT2D eigenvalue weighted by Crippen LogP contribution is -2.38. The van der Waals surface area contributed by atoms with E-state index in [1.165, 1.54) is 22.7 Å². The average molecular weight is 356 g/mol. The van der Waals surface area contributed by atoms with E-state index in [0.717, 1.165) is 35.9 Å². The van der Waals surface area contributed by atoms with Crippen LogP contribution in [-0.2, 0) is 13.5 Å². The molecular formula is C20H27N4S+. The maximum absolute atomic E-state index is 4.90. The molecule has 1 aromatic carbocycles. The smallest absolute Gasteiger partial charge is 0.299 e. The van der Waals surface area contributed by atoms with Crippen LogP contribution < -0.4 is 9.88 Å². The van der Waals surface area contributed by atoms with Crippen LogP contribution in [0.4, 0.5) is 5.69 Å². The number of para-hydroxylation sites is 1. The average Bonchev–Trinajstić information content (AvgIpc) is 2.97. The summed E-state index contributed by atoms with van der Waals surface area (Å²) in [7, 11) is 6.36. The van der Waals surface area contributed by atoms with E-state index in [4.69, 9.17) is 4.98 Å². The van der Waals surface area contributed by atoms with E-state index >= 15 is 0 Å². The van der Waals surface area contributed by atoms with Crippen molar-refractivity contribution in [3.8, 4) is 0 Å². The van der Waals surface area contributed by atoms with Gasteiger partial charge in [-0.25, -0.2) is 4.57 Å². The van der Waals surface area contributed by atoms with Gasteiger partial charge in [0.2, 0.25) is 0 Å². The monoisotopic (exact) mass is 355 g/mol. The number of benzene rings is 1. The standard InChI is InChI=1S/C20H26N4S/c1-15-13-16(14-20-22-17-9-5-6-10-18(17)25-20)21-19(24(15)4)11-7-8-12-23(2)3/h5-6,9-10,13-14H,7-8,11-12H2,1-4H3/p+1. The molecule has 4 nitrogen and oxygen atoms in total. The first-order chi connectivity index (χ1) is 12.0. The fraction of sp³-hybridized carbons (Fsp3) is 0.400. The molecule has 0 spiro atoms. The third kappa shape index (κ3) is 4.61. The molecule has 0 saturated heterocycles. The summed E-state index contributed by atoms with van der Waals surface area (Å²) in [5.41, 5.74) is 3.45. The summed E-state index contributed by atoms with van der Waals surface area (Å²) >= 11 is 1.77. The number of nitrogens with one attached hydrogen (secondary N) is 1. The van der Waals surface area contributed by atoms with Gasteiger partial charge in [0.15, 0.2) is 5.69 Å². The number of hydrogen-bond donors (Lipinski definition) is 1. The molecule has 132 valence electrons. The molecule has 1 N–H and O–H groups in total. The van der Waals surface area contributed by atoms with Crippen molar-refractivity contribution in [1.29, 1.82) is 0 Å². The van der Waals surface area contributed by atoms with Crippen LogP contribution in [0, 0.1) is 6.92 Å². The molecule has 0 radical (unpaired) electrons. The second kappa shape index (κ2) is 8.02. The van der Waals surface area contributed by atoms with Crippen molar-refractivity contribution in [1.82, 2.24) is 9.88 Å². The summed E-state index contributed by atoms with van der Waals surface area (Å²) in [4.78, 5) is 8.41. The van der Waals surface area contributed by atoms with Gasteiger partial charge in [0.25, 0.3) is 5.82 Å². The van der Waals surface area contributed by atoms with Crippen molar-refractivity contribution in [3.05, 3.63) is 52.6 Å². The number of fused-ring (bicyclic) bond motifs is 1. The first-order valence-corrected chi connectivity index (χ1v) is 9.61. The van der Waals surface area contributed by atoms with E-state index in [0.29, 0.717) is 0 Å². The van der Waals surface area contributed by atoms with Gasteiger partial charge < -0.3 is 10.2 Å². The molecule has 3 rings (SSSR count). The molecule has 2 aromatic rings. The number of aromatic nitrogens is 2. The van der Waals surface area contributed by atoms with Crippen LogP contribution in [0.15, 0.2) is 40.3 Å². The molecule has 2 heterocycles. The predicted molar refractivity (Wildman–Crippen MR) is 106 cm³/mol. The van der Waals surface area contributed by atoms with Gasteiger partial charge in [-0.15, -0.1) is 0 Å². The molecule has 0 unspecified atom stereocenters. The van der Waals surface area contributed by atoms with Crippen LogP contribution in [0.5, 0.6) is 0 Å². The Balaban J connectivity index is 1.73. The molecule has 0 aliphatic carbocycles. The zero-order chi connectivity index (χ0) is 17.8. The Bertz CT molecular complexity index is 756. The first kappa shape index (κ1) is 18.0. The number of unbranched alkanes of at least 4 members (excludes halogenated alkanes) is 1. The molecule has 1 aliphatic heterocycles. The van der Waals surface area contributed by atoms with Crippen molar-refractivity contribution in [2.75, 3.05) is 26.0 Å². The van der Waals surface area contributed by atoms with E-state index in [1.807, 2.05) is 0 Å². The predicted octanol–water partition coefficient (Wildman–Crippen LogP) is 3.62. The van der Waals surface area contributed by atoms with Crippen LogP contribution >= 0.6 is 11.8 Å². The topological polar surface area (TPSA) is 32.0 Å². The minimum atomic E-state index is 1.02. The number of thioether (sulfide) groups is 1. The maximum Gasteiger partial charge on any atom is 0.299 e. The minimum absolute atomic E-state index is 1.02. The van der Waals surface area contributed by atoms with Gasteiger partial charge in [-0.3, -0.25) is 0 Å². The number of aryl methyl sites for hydroxylation is 2. The van der Waals surface area contributed by atoms with E-state index in [1.54, 1.807) is 11.8 Å². The van der Waals surface area contributed by atoms with Gasteiger partial charge in [-0.2, -0.15) is 0 Å². The summed E-state index contributed by atoms with van der Waals surface area (Å²) in [6.07, 6.45) is 5.53. The fourth-order valence-corrected chi connectivity index (χ4v) is 3.87. The van der Waals surface area contributed by atoms with Crippen LogP contribution in [0.25, 0.3) is 6.08 Å². The third-order valence-corrected chi connectivity index (χ3v) is 5.45. The zero-order valence-corrected chi connectivity index (χ0v) is 16.4. The van der Waals surface area contributed by atoms with E-state index in [9.17, 15) is 0 Å². The van der Waals surface area contributed by atoms with E-state index in [-0.39, 0.29) is 0 Å². The molecular weight excluding hydrogens is 328 g/mol. The molecule has 0 atom stereocenters. The molecule has 0 bridgehead atoms. The first-order valence-electron chi connectivity index (χ1n) is 8.80. The summed E-state index contributed by atoms with van der Waals surface area (Å²) < 4.78 is 2.21. The second-order valence-electron chi connectivity index (χ2n) is 6.79. The lowest BCUT2D eigenvalue weighted by molar-refractivity contribution is -0.688. The maximum atomic E-state index is 4.90. The molecule has 1 aliphatic rings. The Hall–Kier alpha value is -1.85. The SMILES string of the molecule is Cc1cc(/C=C2\Nc3ccccc3S2)nc(CCCCN(C)C)[n+]1C. The van der Waals surface area contributed by atoms with Crippen molar-refractivity contribution in [2.45, 2.75) is 31.1 Å². The normalized spacial score (nSPS) is 14.8. The Morgan fingerprint density at radius 2 is 2.04 bits per heavy atom. The van der Waals surface area contributed by atoms with Crippen LogP contribution in [0.3, 0.4) is 0 Å². The second-order valence-corrected chi connectivity index (χ2v) is 7.87. The third-order valence-electron chi connectivity index (χ3n) is 4.43. The van der Waals surface area contributed by atoms with Crippen molar-refractivity contribution in [3.63, 3.8) is 0 Å². The Labute approximate surface area is 155 Å². The highest BCUT2D eigenvalue weighted by Gasteiger charge is 2.18. The Morgan fingerprint density at radius 3 is 2.80 bits per heavy atom. The molecule has 0 saturated carbocycles. The van der Waals surface area contributed by atoms with Gasteiger partial charge >= 0.3 is 0 Å². The molecule has 25 heavy (non-hydrogen) atoms. The Morgan fingerprint density at radius 1 is 1.24 bits per heavy atom. The van der Waals surface area contributed by atoms with Gasteiger partial charge in [0, 0.05) is 17.0 Å². The quantitative estimate of drug-likeness (QED) is 0.634. The Kier molecular flexibility index (Phi) is 5.76. The number of nitrogens with zero attached hydrogens (tertiary/aromatic N) is 3. The lowest BCUT2D eigenvalue weighted by atomic mass is 10.2. The summed E-state index contributed by atoms with van der Waals surface area (Å²) in [6, 6.07) is 10.6. The minimum Gasteiger partial charge on any atom is -0.349 e. The van der Waals surface area contributed by atoms with Gasteiger partial charge in [-0.05, 0) is 57.5 Å².